The Bertz CT molecular complexity index is 666. The van der Waals surface area contributed by atoms with Gasteiger partial charge in [-0.2, -0.15) is 0 Å². The van der Waals surface area contributed by atoms with Crippen molar-refractivity contribution in [3.8, 4) is 0 Å². The van der Waals surface area contributed by atoms with Crippen molar-refractivity contribution >= 4 is 21.7 Å². The topological polar surface area (TPSA) is 91.8 Å². The predicted octanol–water partition coefficient (Wildman–Crippen LogP) is 1.19. The van der Waals surface area contributed by atoms with E-state index in [4.69, 9.17) is 5.11 Å². The van der Waals surface area contributed by atoms with Crippen LogP contribution in [0.4, 0.5) is 0 Å². The van der Waals surface area contributed by atoms with Gasteiger partial charge in [0, 0.05) is 25.4 Å². The van der Waals surface area contributed by atoms with Gasteiger partial charge in [-0.15, -0.1) is 0 Å². The third-order valence-corrected chi connectivity index (χ3v) is 4.29. The first kappa shape index (κ1) is 17.2. The van der Waals surface area contributed by atoms with Crippen LogP contribution in [0, 0.1) is 12.8 Å². The second kappa shape index (κ2) is 6.26. The van der Waals surface area contributed by atoms with Gasteiger partial charge in [-0.1, -0.05) is 13.0 Å². The molecule has 0 saturated carbocycles. The van der Waals surface area contributed by atoms with Crippen molar-refractivity contribution in [1.82, 2.24) is 4.90 Å². The molecular formula is C14H19NO5S. The monoisotopic (exact) mass is 313 g/mol. The van der Waals surface area contributed by atoms with Crippen LogP contribution in [-0.4, -0.2) is 50.1 Å². The van der Waals surface area contributed by atoms with E-state index in [1.807, 2.05) is 0 Å². The van der Waals surface area contributed by atoms with E-state index in [1.165, 1.54) is 31.0 Å². The fourth-order valence-corrected chi connectivity index (χ4v) is 2.49. The van der Waals surface area contributed by atoms with Gasteiger partial charge in [-0.05, 0) is 24.6 Å². The maximum Gasteiger partial charge on any atom is 0.308 e. The van der Waals surface area contributed by atoms with Gasteiger partial charge < -0.3 is 10.0 Å². The minimum absolute atomic E-state index is 0.0523. The van der Waals surface area contributed by atoms with Gasteiger partial charge >= 0.3 is 5.97 Å². The number of rotatable bonds is 5. The molecule has 0 fully saturated rings. The highest BCUT2D eigenvalue weighted by molar-refractivity contribution is 7.90. The number of hydrogen-bond acceptors (Lipinski definition) is 4. The number of benzene rings is 1. The molecule has 0 spiro atoms. The molecule has 0 aliphatic rings. The Labute approximate surface area is 124 Å². The molecule has 6 nitrogen and oxygen atoms in total. The molecular weight excluding hydrogens is 294 g/mol. The van der Waals surface area contributed by atoms with Crippen LogP contribution in [0.15, 0.2) is 23.1 Å². The molecule has 1 amide bonds. The highest BCUT2D eigenvalue weighted by atomic mass is 32.2. The third kappa shape index (κ3) is 4.29. The molecule has 0 heterocycles. The molecule has 0 aliphatic carbocycles. The first-order chi connectivity index (χ1) is 9.54. The SMILES string of the molecule is Cc1ccc(S(C)(=O)=O)cc1C(=O)N(C)CC(C)C(=O)O. The zero-order valence-electron chi connectivity index (χ0n) is 12.5. The molecule has 1 rings (SSSR count). The quantitative estimate of drug-likeness (QED) is 0.881. The number of amides is 1. The number of aryl methyl sites for hydroxylation is 1. The van der Waals surface area contributed by atoms with Crippen LogP contribution in [0.25, 0.3) is 0 Å². The summed E-state index contributed by atoms with van der Waals surface area (Å²) in [7, 11) is -1.91. The molecule has 0 aromatic heterocycles. The number of aliphatic carboxylic acids is 1. The summed E-state index contributed by atoms with van der Waals surface area (Å²) in [6.45, 7) is 3.26. The first-order valence-electron chi connectivity index (χ1n) is 6.33. The number of carboxylic acids is 1. The molecule has 0 saturated heterocycles. The van der Waals surface area contributed by atoms with Crippen molar-refractivity contribution in [3.63, 3.8) is 0 Å². The van der Waals surface area contributed by atoms with E-state index in [-0.39, 0.29) is 17.0 Å². The maximum absolute atomic E-state index is 12.3. The maximum atomic E-state index is 12.3. The minimum Gasteiger partial charge on any atom is -0.481 e. The lowest BCUT2D eigenvalue weighted by Crippen LogP contribution is -2.34. The highest BCUT2D eigenvalue weighted by Gasteiger charge is 2.21. The fraction of sp³-hybridized carbons (Fsp3) is 0.429. The van der Waals surface area contributed by atoms with Crippen LogP contribution in [-0.2, 0) is 14.6 Å². The molecule has 1 unspecified atom stereocenters. The van der Waals surface area contributed by atoms with Crippen LogP contribution in [0.1, 0.15) is 22.8 Å². The van der Waals surface area contributed by atoms with E-state index >= 15 is 0 Å². The van der Waals surface area contributed by atoms with E-state index in [2.05, 4.69) is 0 Å². The fourth-order valence-electron chi connectivity index (χ4n) is 1.84. The molecule has 1 atom stereocenters. The van der Waals surface area contributed by atoms with Crippen LogP contribution < -0.4 is 0 Å². The second-order valence-electron chi connectivity index (χ2n) is 5.17. The number of nitrogens with zero attached hydrogens (tertiary/aromatic N) is 1. The van der Waals surface area contributed by atoms with Gasteiger partial charge in [0.25, 0.3) is 5.91 Å². The zero-order chi connectivity index (χ0) is 16.4. The molecule has 1 aromatic rings. The number of carbonyl (C=O) groups excluding carboxylic acids is 1. The molecule has 1 aromatic carbocycles. The number of carboxylic acid groups (broad SMARTS) is 1. The predicted molar refractivity (Wildman–Crippen MR) is 78.0 cm³/mol. The summed E-state index contributed by atoms with van der Waals surface area (Å²) in [4.78, 5) is 24.5. The average molecular weight is 313 g/mol. The van der Waals surface area contributed by atoms with Crippen molar-refractivity contribution in [1.29, 1.82) is 0 Å². The normalized spacial score (nSPS) is 12.8. The summed E-state index contributed by atoms with van der Waals surface area (Å²) in [5.41, 5.74) is 0.903. The van der Waals surface area contributed by atoms with Crippen molar-refractivity contribution in [2.24, 2.45) is 5.92 Å². The lowest BCUT2D eigenvalue weighted by atomic mass is 10.1. The van der Waals surface area contributed by atoms with Gasteiger partial charge in [0.15, 0.2) is 9.84 Å². The summed E-state index contributed by atoms with van der Waals surface area (Å²) in [5.74, 6) is -2.08. The van der Waals surface area contributed by atoms with Gasteiger partial charge in [0.05, 0.1) is 10.8 Å². The standard InChI is InChI=1S/C14H19NO5S/c1-9-5-6-11(21(4,19)20)7-12(9)13(16)15(3)8-10(2)14(17)18/h5-7,10H,8H2,1-4H3,(H,17,18). The highest BCUT2D eigenvalue weighted by Crippen LogP contribution is 2.17. The van der Waals surface area contributed by atoms with E-state index < -0.39 is 27.6 Å². The van der Waals surface area contributed by atoms with E-state index in [9.17, 15) is 18.0 Å². The molecule has 0 bridgehead atoms. The van der Waals surface area contributed by atoms with Gasteiger partial charge in [-0.25, -0.2) is 8.42 Å². The summed E-state index contributed by atoms with van der Waals surface area (Å²) < 4.78 is 23.1. The van der Waals surface area contributed by atoms with Crippen LogP contribution in [0.3, 0.4) is 0 Å². The number of hydrogen-bond donors (Lipinski definition) is 1. The Morgan fingerprint density at radius 1 is 1.33 bits per heavy atom. The molecule has 116 valence electrons. The molecule has 21 heavy (non-hydrogen) atoms. The smallest absolute Gasteiger partial charge is 0.308 e. The Hall–Kier alpha value is -1.89. The van der Waals surface area contributed by atoms with Gasteiger partial charge in [-0.3, -0.25) is 9.59 Å². The van der Waals surface area contributed by atoms with Crippen LogP contribution in [0.5, 0.6) is 0 Å². The third-order valence-electron chi connectivity index (χ3n) is 3.18. The Morgan fingerprint density at radius 3 is 2.38 bits per heavy atom. The summed E-state index contributed by atoms with van der Waals surface area (Å²) >= 11 is 0. The number of carbonyl (C=O) groups is 2. The lowest BCUT2D eigenvalue weighted by Gasteiger charge is -2.20. The van der Waals surface area contributed by atoms with Gasteiger partial charge in [0.2, 0.25) is 0 Å². The van der Waals surface area contributed by atoms with Crippen molar-refractivity contribution in [2.75, 3.05) is 19.8 Å². The Morgan fingerprint density at radius 2 is 1.90 bits per heavy atom. The van der Waals surface area contributed by atoms with Crippen LogP contribution >= 0.6 is 0 Å². The van der Waals surface area contributed by atoms with Crippen LogP contribution in [0.2, 0.25) is 0 Å². The lowest BCUT2D eigenvalue weighted by molar-refractivity contribution is -0.141. The number of sulfone groups is 1. The van der Waals surface area contributed by atoms with Crippen molar-refractivity contribution < 1.29 is 23.1 Å². The van der Waals surface area contributed by atoms with E-state index in [0.29, 0.717) is 5.56 Å². The van der Waals surface area contributed by atoms with E-state index in [0.717, 1.165) is 6.26 Å². The van der Waals surface area contributed by atoms with Gasteiger partial charge in [0.1, 0.15) is 0 Å². The largest absolute Gasteiger partial charge is 0.481 e. The molecule has 1 N–H and O–H groups in total. The van der Waals surface area contributed by atoms with E-state index in [1.54, 1.807) is 13.0 Å². The molecule has 7 heteroatoms. The summed E-state index contributed by atoms with van der Waals surface area (Å²) in [5, 5.41) is 8.87. The minimum atomic E-state index is -3.40. The average Bonchev–Trinajstić information content (AvgIpc) is 2.36. The first-order valence-corrected chi connectivity index (χ1v) is 8.22. The summed E-state index contributed by atoms with van der Waals surface area (Å²) in [6.07, 6.45) is 1.07. The molecule has 0 aliphatic heterocycles. The second-order valence-corrected chi connectivity index (χ2v) is 7.19. The Kier molecular flexibility index (Phi) is 5.11. The van der Waals surface area contributed by atoms with Crippen molar-refractivity contribution in [3.05, 3.63) is 29.3 Å². The Balaban J connectivity index is 3.10. The van der Waals surface area contributed by atoms with Crippen molar-refractivity contribution in [2.45, 2.75) is 18.7 Å². The zero-order valence-corrected chi connectivity index (χ0v) is 13.3. The molecule has 0 radical (unpaired) electrons. The summed E-state index contributed by atoms with van der Waals surface area (Å²) in [6, 6.07) is 4.34.